The Bertz CT molecular complexity index is 513. The maximum atomic E-state index is 5.91. The molecule has 2 rings (SSSR count). The van der Waals surface area contributed by atoms with Gasteiger partial charge in [0.1, 0.15) is 12.4 Å². The Labute approximate surface area is 123 Å². The molecule has 1 aromatic heterocycles. The summed E-state index contributed by atoms with van der Waals surface area (Å²) >= 11 is 7.68. The number of hydrogen-bond acceptors (Lipinski definition) is 3. The minimum atomic E-state index is 0.370. The molecule has 4 heteroatoms. The van der Waals surface area contributed by atoms with Gasteiger partial charge in [0.25, 0.3) is 0 Å². The first-order valence-corrected chi connectivity index (χ1v) is 7.58. The molecule has 1 atom stereocenters. The molecule has 0 saturated heterocycles. The van der Waals surface area contributed by atoms with Crippen LogP contribution in [0.4, 0.5) is 0 Å². The number of rotatable bonds is 6. The molecule has 0 bridgehead atoms. The Morgan fingerprint density at radius 2 is 2.21 bits per heavy atom. The van der Waals surface area contributed by atoms with Crippen molar-refractivity contribution in [2.45, 2.75) is 19.9 Å². The van der Waals surface area contributed by atoms with Gasteiger partial charge >= 0.3 is 0 Å². The second-order valence-electron chi connectivity index (χ2n) is 4.45. The second-order valence-corrected chi connectivity index (χ2v) is 5.87. The van der Waals surface area contributed by atoms with Crippen LogP contribution in [0.3, 0.4) is 0 Å². The fraction of sp³-hybridized carbons (Fsp3) is 0.333. The third kappa shape index (κ3) is 4.23. The number of benzene rings is 1. The van der Waals surface area contributed by atoms with Gasteiger partial charge in [-0.2, -0.15) is 0 Å². The number of thiophene rings is 1. The van der Waals surface area contributed by atoms with Crippen molar-refractivity contribution in [3.05, 3.63) is 51.2 Å². The highest BCUT2D eigenvalue weighted by molar-refractivity contribution is 7.10. The molecule has 0 radical (unpaired) electrons. The van der Waals surface area contributed by atoms with Gasteiger partial charge in [-0.25, -0.2) is 0 Å². The number of ether oxygens (including phenoxy) is 1. The molecule has 1 unspecified atom stereocenters. The SMILES string of the molecule is Cc1cc(Cl)ccc1OCCNC(C)c1cccs1. The molecule has 0 amide bonds. The van der Waals surface area contributed by atoms with Crippen LogP contribution in [0, 0.1) is 6.92 Å². The van der Waals surface area contributed by atoms with Gasteiger partial charge in [0, 0.05) is 22.5 Å². The lowest BCUT2D eigenvalue weighted by molar-refractivity contribution is 0.306. The highest BCUT2D eigenvalue weighted by atomic mass is 35.5. The lowest BCUT2D eigenvalue weighted by atomic mass is 10.2. The van der Waals surface area contributed by atoms with Gasteiger partial charge in [0.15, 0.2) is 0 Å². The predicted molar refractivity (Wildman–Crippen MR) is 82.4 cm³/mol. The summed E-state index contributed by atoms with van der Waals surface area (Å²) in [5, 5.41) is 6.29. The van der Waals surface area contributed by atoms with Gasteiger partial charge in [-0.3, -0.25) is 0 Å². The number of halogens is 1. The maximum Gasteiger partial charge on any atom is 0.122 e. The number of hydrogen-bond donors (Lipinski definition) is 1. The Kier molecular flexibility index (Phi) is 5.25. The molecule has 1 N–H and O–H groups in total. The highest BCUT2D eigenvalue weighted by Crippen LogP contribution is 2.22. The van der Waals surface area contributed by atoms with Crippen molar-refractivity contribution in [1.82, 2.24) is 5.32 Å². The minimum Gasteiger partial charge on any atom is -0.492 e. The fourth-order valence-electron chi connectivity index (χ4n) is 1.85. The minimum absolute atomic E-state index is 0.370. The molecule has 102 valence electrons. The lowest BCUT2D eigenvalue weighted by Crippen LogP contribution is -2.23. The zero-order valence-electron chi connectivity index (χ0n) is 11.2. The average molecular weight is 296 g/mol. The molecule has 0 aliphatic heterocycles. The van der Waals surface area contributed by atoms with E-state index in [4.69, 9.17) is 16.3 Å². The van der Waals surface area contributed by atoms with Crippen LogP contribution < -0.4 is 10.1 Å². The van der Waals surface area contributed by atoms with E-state index in [0.717, 1.165) is 22.9 Å². The first-order chi connectivity index (χ1) is 9.16. The molecular weight excluding hydrogens is 278 g/mol. The predicted octanol–water partition coefficient (Wildman–Crippen LogP) is 4.44. The molecule has 19 heavy (non-hydrogen) atoms. The molecule has 0 spiro atoms. The van der Waals surface area contributed by atoms with Crippen LogP contribution in [0.2, 0.25) is 5.02 Å². The molecule has 1 heterocycles. The van der Waals surface area contributed by atoms with Gasteiger partial charge in [-0.05, 0) is 49.1 Å². The van der Waals surface area contributed by atoms with E-state index in [1.807, 2.05) is 25.1 Å². The molecular formula is C15H18ClNOS. The van der Waals surface area contributed by atoms with E-state index in [2.05, 4.69) is 29.8 Å². The van der Waals surface area contributed by atoms with E-state index in [-0.39, 0.29) is 0 Å². The second kappa shape index (κ2) is 6.94. The van der Waals surface area contributed by atoms with Crippen LogP contribution in [0.1, 0.15) is 23.4 Å². The fourth-order valence-corrected chi connectivity index (χ4v) is 2.83. The van der Waals surface area contributed by atoms with Gasteiger partial charge in [0.05, 0.1) is 0 Å². The van der Waals surface area contributed by atoms with Gasteiger partial charge < -0.3 is 10.1 Å². The summed E-state index contributed by atoms with van der Waals surface area (Å²) in [6.07, 6.45) is 0. The first-order valence-electron chi connectivity index (χ1n) is 6.32. The summed E-state index contributed by atoms with van der Waals surface area (Å²) in [6.45, 7) is 5.64. The normalized spacial score (nSPS) is 12.4. The first kappa shape index (κ1) is 14.4. The Morgan fingerprint density at radius 3 is 2.89 bits per heavy atom. The zero-order chi connectivity index (χ0) is 13.7. The third-order valence-corrected chi connectivity index (χ3v) is 4.21. The van der Waals surface area contributed by atoms with E-state index in [9.17, 15) is 0 Å². The van der Waals surface area contributed by atoms with Gasteiger partial charge in [-0.1, -0.05) is 17.7 Å². The zero-order valence-corrected chi connectivity index (χ0v) is 12.7. The molecule has 0 saturated carbocycles. The Balaban J connectivity index is 1.75. The van der Waals surface area contributed by atoms with Crippen molar-refractivity contribution < 1.29 is 4.74 Å². The van der Waals surface area contributed by atoms with Gasteiger partial charge in [-0.15, -0.1) is 11.3 Å². The van der Waals surface area contributed by atoms with Gasteiger partial charge in [0.2, 0.25) is 0 Å². The standard InChI is InChI=1S/C15H18ClNOS/c1-11-10-13(16)5-6-14(11)18-8-7-17-12(2)15-4-3-9-19-15/h3-6,9-10,12,17H,7-8H2,1-2H3. The number of aryl methyl sites for hydroxylation is 1. The lowest BCUT2D eigenvalue weighted by Gasteiger charge is -2.13. The highest BCUT2D eigenvalue weighted by Gasteiger charge is 2.05. The van der Waals surface area contributed by atoms with Crippen molar-refractivity contribution in [1.29, 1.82) is 0 Å². The van der Waals surface area contributed by atoms with Crippen LogP contribution >= 0.6 is 22.9 Å². The summed E-state index contributed by atoms with van der Waals surface area (Å²) < 4.78 is 5.74. The quantitative estimate of drug-likeness (QED) is 0.796. The van der Waals surface area contributed by atoms with E-state index < -0.39 is 0 Å². The summed E-state index contributed by atoms with van der Waals surface area (Å²) in [5.74, 6) is 0.898. The summed E-state index contributed by atoms with van der Waals surface area (Å²) in [7, 11) is 0. The van der Waals surface area contributed by atoms with E-state index in [1.54, 1.807) is 11.3 Å². The molecule has 1 aromatic carbocycles. The topological polar surface area (TPSA) is 21.3 Å². The molecule has 2 nitrogen and oxygen atoms in total. The van der Waals surface area contributed by atoms with Crippen LogP contribution in [-0.4, -0.2) is 13.2 Å². The third-order valence-electron chi connectivity index (χ3n) is 2.92. The molecule has 0 aliphatic carbocycles. The number of nitrogens with one attached hydrogen (secondary N) is 1. The van der Waals surface area contributed by atoms with Crippen molar-refractivity contribution in [3.63, 3.8) is 0 Å². The van der Waals surface area contributed by atoms with Crippen LogP contribution in [0.25, 0.3) is 0 Å². The summed E-state index contributed by atoms with van der Waals surface area (Å²) in [4.78, 5) is 1.35. The van der Waals surface area contributed by atoms with Crippen molar-refractivity contribution >= 4 is 22.9 Å². The summed E-state index contributed by atoms with van der Waals surface area (Å²) in [6, 6.07) is 10.3. The Morgan fingerprint density at radius 1 is 1.37 bits per heavy atom. The van der Waals surface area contributed by atoms with E-state index >= 15 is 0 Å². The van der Waals surface area contributed by atoms with E-state index in [0.29, 0.717) is 12.6 Å². The van der Waals surface area contributed by atoms with Crippen LogP contribution in [-0.2, 0) is 0 Å². The van der Waals surface area contributed by atoms with Crippen LogP contribution in [0.5, 0.6) is 5.75 Å². The van der Waals surface area contributed by atoms with E-state index in [1.165, 1.54) is 4.88 Å². The molecule has 0 fully saturated rings. The largest absolute Gasteiger partial charge is 0.492 e. The van der Waals surface area contributed by atoms with Crippen molar-refractivity contribution in [2.75, 3.05) is 13.2 Å². The smallest absolute Gasteiger partial charge is 0.122 e. The summed E-state index contributed by atoms with van der Waals surface area (Å²) in [5.41, 5.74) is 1.07. The molecule has 0 aliphatic rings. The Hall–Kier alpha value is -1.03. The van der Waals surface area contributed by atoms with Crippen molar-refractivity contribution in [2.24, 2.45) is 0 Å². The average Bonchev–Trinajstić information content (AvgIpc) is 2.90. The van der Waals surface area contributed by atoms with Crippen LogP contribution in [0.15, 0.2) is 35.7 Å². The molecule has 2 aromatic rings. The van der Waals surface area contributed by atoms with Crippen molar-refractivity contribution in [3.8, 4) is 5.75 Å². The monoisotopic (exact) mass is 295 g/mol. The maximum absolute atomic E-state index is 5.91.